The Morgan fingerprint density at radius 1 is 1.06 bits per heavy atom. The van der Waals surface area contributed by atoms with E-state index >= 15 is 0 Å². The number of aromatic nitrogens is 2. The maximum absolute atomic E-state index is 13.4. The van der Waals surface area contributed by atoms with Crippen molar-refractivity contribution in [3.8, 4) is 11.4 Å². The molecule has 0 unspecified atom stereocenters. The Bertz CT molecular complexity index is 1420. The molecule has 1 fully saturated rings. The van der Waals surface area contributed by atoms with Gasteiger partial charge in [-0.15, -0.1) is 0 Å². The Morgan fingerprint density at radius 3 is 2.47 bits per heavy atom. The third-order valence-corrected chi connectivity index (χ3v) is 8.84. The van der Waals surface area contributed by atoms with Gasteiger partial charge in [0.25, 0.3) is 0 Å². The molecular weight excluding hydrogens is 477 g/mol. The van der Waals surface area contributed by atoms with E-state index in [9.17, 15) is 12.8 Å². The summed E-state index contributed by atoms with van der Waals surface area (Å²) in [6, 6.07) is 21.1. The molecule has 2 atom stereocenters. The molecule has 0 bridgehead atoms. The lowest BCUT2D eigenvalue weighted by molar-refractivity contribution is 0.163. The molecule has 0 amide bonds. The third kappa shape index (κ3) is 5.15. The van der Waals surface area contributed by atoms with E-state index in [4.69, 9.17) is 4.74 Å². The molecule has 1 aliphatic rings. The van der Waals surface area contributed by atoms with Crippen molar-refractivity contribution in [1.82, 2.24) is 14.5 Å². The largest absolute Gasteiger partial charge is 0.484 e. The minimum Gasteiger partial charge on any atom is -0.484 e. The zero-order valence-corrected chi connectivity index (χ0v) is 21.0. The van der Waals surface area contributed by atoms with Crippen molar-refractivity contribution in [2.24, 2.45) is 0 Å². The molecule has 0 spiro atoms. The van der Waals surface area contributed by atoms with Gasteiger partial charge in [-0.1, -0.05) is 50.1 Å². The first-order chi connectivity index (χ1) is 17.4. The first-order valence-corrected chi connectivity index (χ1v) is 14.0. The van der Waals surface area contributed by atoms with Crippen molar-refractivity contribution in [1.29, 1.82) is 0 Å². The molecule has 36 heavy (non-hydrogen) atoms. The predicted molar refractivity (Wildman–Crippen MR) is 139 cm³/mol. The molecule has 1 heterocycles. The number of hydrogen-bond acceptors (Lipinski definition) is 4. The van der Waals surface area contributed by atoms with E-state index in [0.717, 1.165) is 35.0 Å². The summed E-state index contributed by atoms with van der Waals surface area (Å²) in [7, 11) is -3.45. The predicted octanol–water partition coefficient (Wildman–Crippen LogP) is 5.93. The molecule has 188 valence electrons. The first kappa shape index (κ1) is 24.5. The van der Waals surface area contributed by atoms with Gasteiger partial charge in [-0.05, 0) is 67.3 Å². The van der Waals surface area contributed by atoms with Crippen LogP contribution in [0.1, 0.15) is 50.7 Å². The Kier molecular flexibility index (Phi) is 7.07. The number of nitrogens with zero attached hydrogens (tertiary/aromatic N) is 2. The lowest BCUT2D eigenvalue weighted by Crippen LogP contribution is -2.44. The lowest BCUT2D eigenvalue weighted by Gasteiger charge is -2.29. The Labute approximate surface area is 211 Å². The smallest absolute Gasteiger partial charge is 0.214 e. The Morgan fingerprint density at radius 2 is 1.78 bits per heavy atom. The van der Waals surface area contributed by atoms with Gasteiger partial charge in [-0.2, -0.15) is 5.10 Å². The molecule has 0 saturated heterocycles. The average molecular weight is 508 g/mol. The van der Waals surface area contributed by atoms with Crippen LogP contribution in [0.4, 0.5) is 4.39 Å². The number of benzene rings is 3. The Balaban J connectivity index is 1.44. The molecule has 1 saturated carbocycles. The molecule has 1 aliphatic carbocycles. The van der Waals surface area contributed by atoms with Crippen LogP contribution in [0.3, 0.4) is 0 Å². The molecule has 0 aliphatic heterocycles. The fourth-order valence-corrected chi connectivity index (χ4v) is 6.77. The topological polar surface area (TPSA) is 73.2 Å². The van der Waals surface area contributed by atoms with Gasteiger partial charge in [-0.3, -0.25) is 0 Å². The molecule has 0 radical (unpaired) electrons. The second-order valence-electron chi connectivity index (χ2n) is 9.29. The van der Waals surface area contributed by atoms with Gasteiger partial charge >= 0.3 is 0 Å². The summed E-state index contributed by atoms with van der Waals surface area (Å²) in [5.41, 5.74) is 2.52. The van der Waals surface area contributed by atoms with Gasteiger partial charge in [0.05, 0.1) is 28.7 Å². The highest BCUT2D eigenvalue weighted by molar-refractivity contribution is 7.90. The van der Waals surface area contributed by atoms with Gasteiger partial charge in [-0.25, -0.2) is 22.2 Å². The number of sulfonamides is 1. The van der Waals surface area contributed by atoms with Crippen molar-refractivity contribution >= 4 is 20.9 Å². The number of fused-ring (bicyclic) bond motifs is 1. The monoisotopic (exact) mass is 507 g/mol. The van der Waals surface area contributed by atoms with Crippen LogP contribution in [0.25, 0.3) is 16.6 Å². The maximum Gasteiger partial charge on any atom is 0.214 e. The van der Waals surface area contributed by atoms with Gasteiger partial charge < -0.3 is 4.74 Å². The zero-order chi connectivity index (χ0) is 25.1. The number of halogens is 1. The van der Waals surface area contributed by atoms with Crippen molar-refractivity contribution in [2.75, 3.05) is 0 Å². The van der Waals surface area contributed by atoms with Gasteiger partial charge in [0.1, 0.15) is 17.7 Å². The highest BCUT2D eigenvalue weighted by atomic mass is 32.2. The van der Waals surface area contributed by atoms with Crippen molar-refractivity contribution < 1.29 is 17.5 Å². The fraction of sp³-hybridized carbons (Fsp3) is 0.321. The van der Waals surface area contributed by atoms with E-state index in [0.29, 0.717) is 25.0 Å². The number of rotatable bonds is 9. The van der Waals surface area contributed by atoms with E-state index in [2.05, 4.69) is 9.82 Å². The summed E-state index contributed by atoms with van der Waals surface area (Å²) < 4.78 is 50.8. The van der Waals surface area contributed by atoms with E-state index in [1.165, 1.54) is 12.1 Å². The van der Waals surface area contributed by atoms with Crippen LogP contribution in [-0.2, 0) is 10.0 Å². The summed E-state index contributed by atoms with van der Waals surface area (Å²) in [5.74, 6) is 0.320. The van der Waals surface area contributed by atoms with Gasteiger partial charge in [0, 0.05) is 5.39 Å². The second-order valence-corrected chi connectivity index (χ2v) is 11.3. The lowest BCUT2D eigenvalue weighted by atomic mass is 10.0. The van der Waals surface area contributed by atoms with Gasteiger partial charge in [0.15, 0.2) is 0 Å². The SMILES string of the molecule is CC[C@H](NS(=O)(=O)C1CCCC1)[C@H](Oc1ccc2c(cnn2-c2ccc(F)cc2)c1)c1ccccc1. The van der Waals surface area contributed by atoms with E-state index < -0.39 is 22.2 Å². The molecule has 5 rings (SSSR count). The molecule has 1 aromatic heterocycles. The summed E-state index contributed by atoms with van der Waals surface area (Å²) in [6.07, 6.45) is 5.13. The van der Waals surface area contributed by atoms with E-state index in [-0.39, 0.29) is 11.1 Å². The normalized spacial score (nSPS) is 16.3. The van der Waals surface area contributed by atoms with Crippen LogP contribution in [0.2, 0.25) is 0 Å². The number of nitrogens with one attached hydrogen (secondary N) is 1. The highest BCUT2D eigenvalue weighted by Gasteiger charge is 2.34. The Hall–Kier alpha value is -3.23. The number of ether oxygens (including phenoxy) is 1. The summed E-state index contributed by atoms with van der Waals surface area (Å²) in [5, 5.41) is 4.99. The molecule has 6 nitrogen and oxygen atoms in total. The van der Waals surface area contributed by atoms with Crippen LogP contribution >= 0.6 is 0 Å². The van der Waals surface area contributed by atoms with E-state index in [1.807, 2.05) is 55.5 Å². The van der Waals surface area contributed by atoms with Crippen molar-refractivity contribution in [3.05, 3.63) is 90.4 Å². The standard InChI is InChI=1S/C28H30FN3O3S/c1-2-26(31-36(33,34)25-10-6-7-11-25)28(20-8-4-3-5-9-20)35-24-16-17-27-21(18-24)19-30-32(27)23-14-12-22(29)13-15-23/h3-5,8-9,12-19,25-26,28,31H,2,6-7,10-11H2,1H3/t26-,28+/m0/s1. The third-order valence-electron chi connectivity index (χ3n) is 6.86. The van der Waals surface area contributed by atoms with Crippen LogP contribution in [0, 0.1) is 5.82 Å². The summed E-state index contributed by atoms with van der Waals surface area (Å²) in [4.78, 5) is 0. The van der Waals surface area contributed by atoms with Crippen LogP contribution in [-0.4, -0.2) is 29.5 Å². The minimum absolute atomic E-state index is 0.299. The molecule has 4 aromatic rings. The van der Waals surface area contributed by atoms with Crippen LogP contribution < -0.4 is 9.46 Å². The summed E-state index contributed by atoms with van der Waals surface area (Å²) >= 11 is 0. The zero-order valence-electron chi connectivity index (χ0n) is 20.2. The van der Waals surface area contributed by atoms with Crippen molar-refractivity contribution in [3.63, 3.8) is 0 Å². The van der Waals surface area contributed by atoms with Gasteiger partial charge in [0.2, 0.25) is 10.0 Å². The molecule has 1 N–H and O–H groups in total. The molecule has 8 heteroatoms. The summed E-state index contributed by atoms with van der Waals surface area (Å²) in [6.45, 7) is 1.97. The number of hydrogen-bond donors (Lipinski definition) is 1. The maximum atomic E-state index is 13.4. The first-order valence-electron chi connectivity index (χ1n) is 12.4. The average Bonchev–Trinajstić information content (AvgIpc) is 3.58. The highest BCUT2D eigenvalue weighted by Crippen LogP contribution is 2.31. The van der Waals surface area contributed by atoms with Crippen molar-refractivity contribution in [2.45, 2.75) is 56.4 Å². The molecule has 3 aromatic carbocycles. The fourth-order valence-electron chi connectivity index (χ4n) is 4.91. The minimum atomic E-state index is -3.45. The quantitative estimate of drug-likeness (QED) is 0.305. The molecular formula is C28H30FN3O3S. The second kappa shape index (κ2) is 10.4. The van der Waals surface area contributed by atoms with E-state index in [1.54, 1.807) is 23.0 Å². The van der Waals surface area contributed by atoms with Crippen LogP contribution in [0.15, 0.2) is 79.0 Å². The van der Waals surface area contributed by atoms with Crippen LogP contribution in [0.5, 0.6) is 5.75 Å².